The van der Waals surface area contributed by atoms with Crippen molar-refractivity contribution in [2.75, 3.05) is 0 Å². The van der Waals surface area contributed by atoms with Gasteiger partial charge in [-0.3, -0.25) is 4.79 Å². The van der Waals surface area contributed by atoms with Crippen molar-refractivity contribution in [1.29, 1.82) is 0 Å². The number of aliphatic carboxylic acids is 1. The zero-order valence-corrected chi connectivity index (χ0v) is 10.2. The summed E-state index contributed by atoms with van der Waals surface area (Å²) in [5.41, 5.74) is 0. The summed E-state index contributed by atoms with van der Waals surface area (Å²) in [6.07, 6.45) is 2.84. The Balaban J connectivity index is 2.33. The summed E-state index contributed by atoms with van der Waals surface area (Å²) >= 11 is 0. The Morgan fingerprint density at radius 1 is 1.56 bits per heavy atom. The first-order chi connectivity index (χ1) is 8.61. The normalized spacial score (nSPS) is 11.8. The number of hydrogen-bond acceptors (Lipinski definition) is 4. The van der Waals surface area contributed by atoms with Crippen molar-refractivity contribution >= 4 is 12.0 Å². The van der Waals surface area contributed by atoms with Crippen molar-refractivity contribution < 1.29 is 19.2 Å². The van der Waals surface area contributed by atoms with Gasteiger partial charge in [-0.15, -0.1) is 0 Å². The SMILES string of the molecule is CCCC(CC(=O)O)NC(=O)NCc1ccno1. The third-order valence-electron chi connectivity index (χ3n) is 2.31. The molecule has 0 aromatic carbocycles. The summed E-state index contributed by atoms with van der Waals surface area (Å²) in [7, 11) is 0. The molecule has 0 radical (unpaired) electrons. The average Bonchev–Trinajstić information content (AvgIpc) is 2.78. The second-order valence-corrected chi connectivity index (χ2v) is 3.89. The molecular formula is C11H17N3O4. The lowest BCUT2D eigenvalue weighted by atomic mass is 10.1. The van der Waals surface area contributed by atoms with E-state index in [1.165, 1.54) is 6.20 Å². The fraction of sp³-hybridized carbons (Fsp3) is 0.545. The van der Waals surface area contributed by atoms with Gasteiger partial charge < -0.3 is 20.3 Å². The van der Waals surface area contributed by atoms with Crippen LogP contribution in [0.3, 0.4) is 0 Å². The number of hydrogen-bond donors (Lipinski definition) is 3. The summed E-state index contributed by atoms with van der Waals surface area (Å²) in [5, 5.41) is 17.4. The molecule has 1 rings (SSSR count). The van der Waals surface area contributed by atoms with Crippen LogP contribution in [0.1, 0.15) is 31.9 Å². The van der Waals surface area contributed by atoms with Crippen LogP contribution in [0, 0.1) is 0 Å². The molecule has 0 saturated heterocycles. The van der Waals surface area contributed by atoms with E-state index in [4.69, 9.17) is 9.63 Å². The molecule has 0 aliphatic carbocycles. The lowest BCUT2D eigenvalue weighted by Crippen LogP contribution is -2.42. The van der Waals surface area contributed by atoms with Crippen LogP contribution in [0.5, 0.6) is 0 Å². The molecule has 0 saturated carbocycles. The smallest absolute Gasteiger partial charge is 0.315 e. The van der Waals surface area contributed by atoms with Crippen molar-refractivity contribution in [1.82, 2.24) is 15.8 Å². The molecule has 7 heteroatoms. The lowest BCUT2D eigenvalue weighted by Gasteiger charge is -2.16. The van der Waals surface area contributed by atoms with E-state index in [9.17, 15) is 9.59 Å². The highest BCUT2D eigenvalue weighted by atomic mass is 16.5. The quantitative estimate of drug-likeness (QED) is 0.677. The summed E-state index contributed by atoms with van der Waals surface area (Å²) in [6, 6.07) is 0.870. The van der Waals surface area contributed by atoms with E-state index in [0.717, 1.165) is 6.42 Å². The molecule has 0 spiro atoms. The number of urea groups is 1. The number of nitrogens with zero attached hydrogens (tertiary/aromatic N) is 1. The maximum Gasteiger partial charge on any atom is 0.315 e. The van der Waals surface area contributed by atoms with Crippen LogP contribution in [0.15, 0.2) is 16.8 Å². The molecule has 0 bridgehead atoms. The Bertz CT molecular complexity index is 378. The van der Waals surface area contributed by atoms with E-state index >= 15 is 0 Å². The van der Waals surface area contributed by atoms with Gasteiger partial charge in [-0.25, -0.2) is 4.79 Å². The molecule has 18 heavy (non-hydrogen) atoms. The van der Waals surface area contributed by atoms with Gasteiger partial charge in [0.15, 0.2) is 5.76 Å². The van der Waals surface area contributed by atoms with Gasteiger partial charge in [-0.05, 0) is 6.42 Å². The standard InChI is InChI=1S/C11H17N3O4/c1-2-3-8(6-10(15)16)14-11(17)12-7-9-4-5-13-18-9/h4-5,8H,2-3,6-7H2,1H3,(H,15,16)(H2,12,14,17). The van der Waals surface area contributed by atoms with Crippen molar-refractivity contribution in [3.63, 3.8) is 0 Å². The zero-order chi connectivity index (χ0) is 13.4. The average molecular weight is 255 g/mol. The van der Waals surface area contributed by atoms with Gasteiger partial charge in [0.05, 0.1) is 19.2 Å². The van der Waals surface area contributed by atoms with Crippen LogP contribution < -0.4 is 10.6 Å². The van der Waals surface area contributed by atoms with Crippen LogP contribution >= 0.6 is 0 Å². The number of aromatic nitrogens is 1. The van der Waals surface area contributed by atoms with Crippen molar-refractivity contribution in [3.05, 3.63) is 18.0 Å². The number of carbonyl (C=O) groups excluding carboxylic acids is 1. The molecule has 0 fully saturated rings. The predicted octanol–water partition coefficient (Wildman–Crippen LogP) is 1.12. The van der Waals surface area contributed by atoms with Crippen molar-refractivity contribution in [3.8, 4) is 0 Å². The molecule has 7 nitrogen and oxygen atoms in total. The second-order valence-electron chi connectivity index (χ2n) is 3.89. The first-order valence-electron chi connectivity index (χ1n) is 5.77. The van der Waals surface area contributed by atoms with Crippen LogP contribution in [-0.4, -0.2) is 28.3 Å². The van der Waals surface area contributed by atoms with E-state index in [1.807, 2.05) is 6.92 Å². The molecule has 2 amide bonds. The largest absolute Gasteiger partial charge is 0.481 e. The number of amides is 2. The second kappa shape index (κ2) is 7.31. The van der Waals surface area contributed by atoms with Crippen LogP contribution in [0.25, 0.3) is 0 Å². The van der Waals surface area contributed by atoms with E-state index in [-0.39, 0.29) is 19.0 Å². The van der Waals surface area contributed by atoms with Crippen LogP contribution in [-0.2, 0) is 11.3 Å². The minimum absolute atomic E-state index is 0.0798. The number of carbonyl (C=O) groups is 2. The van der Waals surface area contributed by atoms with Gasteiger partial charge in [-0.1, -0.05) is 18.5 Å². The number of nitrogens with one attached hydrogen (secondary N) is 2. The molecular weight excluding hydrogens is 238 g/mol. The fourth-order valence-electron chi connectivity index (χ4n) is 1.52. The molecule has 1 unspecified atom stereocenters. The summed E-state index contributed by atoms with van der Waals surface area (Å²) in [6.45, 7) is 2.15. The van der Waals surface area contributed by atoms with Gasteiger partial charge in [0.2, 0.25) is 0 Å². The molecule has 1 heterocycles. The van der Waals surface area contributed by atoms with E-state index < -0.39 is 12.0 Å². The van der Waals surface area contributed by atoms with E-state index in [2.05, 4.69) is 15.8 Å². The van der Waals surface area contributed by atoms with E-state index in [1.54, 1.807) is 6.07 Å². The first kappa shape index (κ1) is 14.0. The Morgan fingerprint density at radius 3 is 2.89 bits per heavy atom. The number of carboxylic acid groups (broad SMARTS) is 1. The zero-order valence-electron chi connectivity index (χ0n) is 10.2. The van der Waals surface area contributed by atoms with Crippen molar-refractivity contribution in [2.24, 2.45) is 0 Å². The predicted molar refractivity (Wildman–Crippen MR) is 62.8 cm³/mol. The lowest BCUT2D eigenvalue weighted by molar-refractivity contribution is -0.137. The minimum Gasteiger partial charge on any atom is -0.481 e. The molecule has 1 aromatic heterocycles. The van der Waals surface area contributed by atoms with Gasteiger partial charge >= 0.3 is 12.0 Å². The Hall–Kier alpha value is -2.05. The molecule has 0 aliphatic heterocycles. The molecule has 0 aliphatic rings. The van der Waals surface area contributed by atoms with Crippen LogP contribution in [0.4, 0.5) is 4.79 Å². The molecule has 3 N–H and O–H groups in total. The third kappa shape index (κ3) is 5.33. The van der Waals surface area contributed by atoms with Gasteiger partial charge in [0.1, 0.15) is 0 Å². The molecule has 100 valence electrons. The molecule has 1 atom stereocenters. The first-order valence-corrected chi connectivity index (χ1v) is 5.77. The topological polar surface area (TPSA) is 104 Å². The fourth-order valence-corrected chi connectivity index (χ4v) is 1.52. The minimum atomic E-state index is -0.927. The number of carboxylic acids is 1. The third-order valence-corrected chi connectivity index (χ3v) is 2.31. The van der Waals surface area contributed by atoms with Gasteiger partial charge in [-0.2, -0.15) is 0 Å². The highest BCUT2D eigenvalue weighted by Crippen LogP contribution is 2.02. The van der Waals surface area contributed by atoms with Gasteiger partial charge in [0.25, 0.3) is 0 Å². The number of rotatable bonds is 7. The summed E-state index contributed by atoms with van der Waals surface area (Å²) < 4.78 is 4.81. The highest BCUT2D eigenvalue weighted by Gasteiger charge is 2.14. The summed E-state index contributed by atoms with van der Waals surface area (Å²) in [5.74, 6) is -0.389. The summed E-state index contributed by atoms with van der Waals surface area (Å²) in [4.78, 5) is 22.1. The van der Waals surface area contributed by atoms with Crippen LogP contribution in [0.2, 0.25) is 0 Å². The van der Waals surface area contributed by atoms with Crippen molar-refractivity contribution in [2.45, 2.75) is 38.8 Å². The van der Waals surface area contributed by atoms with Gasteiger partial charge in [0, 0.05) is 12.1 Å². The Morgan fingerprint density at radius 2 is 2.33 bits per heavy atom. The van der Waals surface area contributed by atoms with E-state index in [0.29, 0.717) is 12.2 Å². The Labute approximate surface area is 105 Å². The molecule has 1 aromatic rings. The maximum atomic E-state index is 11.5. The monoisotopic (exact) mass is 255 g/mol. The highest BCUT2D eigenvalue weighted by molar-refractivity contribution is 5.75. The maximum absolute atomic E-state index is 11.5. The Kier molecular flexibility index (Phi) is 5.69.